The lowest BCUT2D eigenvalue weighted by atomic mass is 9.93. The summed E-state index contributed by atoms with van der Waals surface area (Å²) in [5.74, 6) is 0.702. The van der Waals surface area contributed by atoms with E-state index in [-0.39, 0.29) is 12.6 Å². The summed E-state index contributed by atoms with van der Waals surface area (Å²) >= 11 is 6.10. The first-order valence-electron chi connectivity index (χ1n) is 9.96. The standard InChI is InChI=1S/C25H20ClNO4/c1-15-2-5-17(6-3-15)22-23(18-7-9-19(26)10-8-18)27(25(29)24(22)28)13-16-4-11-20-21(12-16)31-14-30-20/h2-12,23,28H,13-14H2,1H3/t23-/m0/s1. The first-order chi connectivity index (χ1) is 15.0. The minimum absolute atomic E-state index is 0.189. The molecule has 156 valence electrons. The molecule has 0 radical (unpaired) electrons. The van der Waals surface area contributed by atoms with Crippen molar-refractivity contribution in [1.29, 1.82) is 0 Å². The molecule has 1 amide bonds. The van der Waals surface area contributed by atoms with Gasteiger partial charge in [-0.05, 0) is 47.9 Å². The van der Waals surface area contributed by atoms with Gasteiger partial charge < -0.3 is 19.5 Å². The molecule has 2 aliphatic rings. The van der Waals surface area contributed by atoms with Crippen LogP contribution in [-0.4, -0.2) is 22.7 Å². The molecule has 3 aromatic carbocycles. The number of hydrogen-bond donors (Lipinski definition) is 1. The van der Waals surface area contributed by atoms with Gasteiger partial charge in [0, 0.05) is 17.1 Å². The van der Waals surface area contributed by atoms with Crippen LogP contribution in [-0.2, 0) is 11.3 Å². The van der Waals surface area contributed by atoms with E-state index < -0.39 is 11.9 Å². The lowest BCUT2D eigenvalue weighted by Crippen LogP contribution is -2.29. The van der Waals surface area contributed by atoms with Crippen LogP contribution in [0.2, 0.25) is 5.02 Å². The van der Waals surface area contributed by atoms with E-state index >= 15 is 0 Å². The molecule has 0 aromatic heterocycles. The van der Waals surface area contributed by atoms with E-state index in [0.717, 1.165) is 22.3 Å². The molecule has 0 spiro atoms. The predicted octanol–water partition coefficient (Wildman–Crippen LogP) is 5.43. The van der Waals surface area contributed by atoms with Crippen LogP contribution >= 0.6 is 11.6 Å². The molecule has 2 heterocycles. The molecule has 2 aliphatic heterocycles. The third-order valence-electron chi connectivity index (χ3n) is 5.64. The van der Waals surface area contributed by atoms with Crippen LogP contribution in [0.4, 0.5) is 0 Å². The van der Waals surface area contributed by atoms with Gasteiger partial charge in [-0.15, -0.1) is 0 Å². The molecule has 3 aromatic rings. The number of carbonyl (C=O) groups is 1. The van der Waals surface area contributed by atoms with Crippen LogP contribution in [0.1, 0.15) is 28.3 Å². The average Bonchev–Trinajstić information content (AvgIpc) is 3.33. The molecule has 1 atom stereocenters. The van der Waals surface area contributed by atoms with Crippen molar-refractivity contribution in [2.24, 2.45) is 0 Å². The lowest BCUT2D eigenvalue weighted by Gasteiger charge is -2.27. The fourth-order valence-electron chi connectivity index (χ4n) is 4.07. The molecular weight excluding hydrogens is 414 g/mol. The summed E-state index contributed by atoms with van der Waals surface area (Å²) in [6.45, 7) is 2.50. The van der Waals surface area contributed by atoms with Crippen molar-refractivity contribution < 1.29 is 19.4 Å². The second-order valence-corrected chi connectivity index (χ2v) is 8.14. The molecule has 1 N–H and O–H groups in total. The number of benzene rings is 3. The van der Waals surface area contributed by atoms with E-state index in [0.29, 0.717) is 28.6 Å². The molecule has 31 heavy (non-hydrogen) atoms. The Morgan fingerprint density at radius 1 is 1.00 bits per heavy atom. The molecule has 5 nitrogen and oxygen atoms in total. The Kier molecular flexibility index (Phi) is 4.83. The monoisotopic (exact) mass is 433 g/mol. The van der Waals surface area contributed by atoms with Crippen molar-refractivity contribution in [2.75, 3.05) is 6.79 Å². The van der Waals surface area contributed by atoms with Crippen molar-refractivity contribution >= 4 is 23.1 Å². The highest BCUT2D eigenvalue weighted by Crippen LogP contribution is 2.44. The molecule has 0 saturated carbocycles. The number of rotatable bonds is 4. The number of aliphatic hydroxyl groups excluding tert-OH is 1. The highest BCUT2D eigenvalue weighted by atomic mass is 35.5. The second kappa shape index (κ2) is 7.67. The van der Waals surface area contributed by atoms with Gasteiger partial charge in [0.2, 0.25) is 6.79 Å². The summed E-state index contributed by atoms with van der Waals surface area (Å²) in [4.78, 5) is 14.9. The molecule has 0 unspecified atom stereocenters. The Morgan fingerprint density at radius 3 is 2.45 bits per heavy atom. The van der Waals surface area contributed by atoms with E-state index in [1.165, 1.54) is 0 Å². The van der Waals surface area contributed by atoms with Gasteiger partial charge in [0.05, 0.1) is 6.04 Å². The largest absolute Gasteiger partial charge is 0.503 e. The van der Waals surface area contributed by atoms with E-state index in [2.05, 4.69) is 0 Å². The number of aliphatic hydroxyl groups is 1. The molecule has 5 rings (SSSR count). The Morgan fingerprint density at radius 2 is 1.71 bits per heavy atom. The number of aryl methyl sites for hydroxylation is 1. The van der Waals surface area contributed by atoms with E-state index in [1.54, 1.807) is 17.0 Å². The van der Waals surface area contributed by atoms with Gasteiger partial charge in [-0.25, -0.2) is 0 Å². The predicted molar refractivity (Wildman–Crippen MR) is 118 cm³/mol. The Hall–Kier alpha value is -3.44. The first-order valence-corrected chi connectivity index (χ1v) is 10.3. The number of halogens is 1. The maximum Gasteiger partial charge on any atom is 0.290 e. The molecule has 6 heteroatoms. The number of fused-ring (bicyclic) bond motifs is 1. The van der Waals surface area contributed by atoms with Crippen LogP contribution < -0.4 is 9.47 Å². The number of amides is 1. The van der Waals surface area contributed by atoms with Crippen LogP contribution in [0.15, 0.2) is 72.5 Å². The zero-order valence-electron chi connectivity index (χ0n) is 16.8. The third-order valence-corrected chi connectivity index (χ3v) is 5.89. The average molecular weight is 434 g/mol. The number of ether oxygens (including phenoxy) is 2. The Bertz CT molecular complexity index is 1190. The van der Waals surface area contributed by atoms with Crippen molar-refractivity contribution in [3.8, 4) is 11.5 Å². The minimum atomic E-state index is -0.446. The smallest absolute Gasteiger partial charge is 0.290 e. The number of hydrogen-bond acceptors (Lipinski definition) is 4. The van der Waals surface area contributed by atoms with Crippen LogP contribution in [0, 0.1) is 6.92 Å². The maximum atomic E-state index is 13.2. The van der Waals surface area contributed by atoms with Crippen molar-refractivity contribution in [1.82, 2.24) is 4.90 Å². The fraction of sp³-hybridized carbons (Fsp3) is 0.160. The Balaban J connectivity index is 1.57. The zero-order chi connectivity index (χ0) is 21.5. The van der Waals surface area contributed by atoms with Gasteiger partial charge in [0.25, 0.3) is 5.91 Å². The van der Waals surface area contributed by atoms with E-state index in [4.69, 9.17) is 21.1 Å². The molecule has 0 bridgehead atoms. The summed E-state index contributed by atoms with van der Waals surface area (Å²) in [5.41, 5.74) is 4.26. The van der Waals surface area contributed by atoms with E-state index in [1.807, 2.05) is 61.5 Å². The summed E-state index contributed by atoms with van der Waals surface area (Å²) in [6, 6.07) is 20.3. The van der Waals surface area contributed by atoms with Gasteiger partial charge in [-0.1, -0.05) is 59.6 Å². The van der Waals surface area contributed by atoms with Crippen molar-refractivity contribution in [3.05, 3.63) is 99.8 Å². The minimum Gasteiger partial charge on any atom is -0.503 e. The van der Waals surface area contributed by atoms with Crippen molar-refractivity contribution in [3.63, 3.8) is 0 Å². The van der Waals surface area contributed by atoms with Gasteiger partial charge in [-0.3, -0.25) is 4.79 Å². The summed E-state index contributed by atoms with van der Waals surface area (Å²) < 4.78 is 10.9. The highest BCUT2D eigenvalue weighted by Gasteiger charge is 2.41. The third kappa shape index (κ3) is 3.51. The van der Waals surface area contributed by atoms with Gasteiger partial charge >= 0.3 is 0 Å². The molecule has 0 aliphatic carbocycles. The summed E-state index contributed by atoms with van der Waals surface area (Å²) in [7, 11) is 0. The highest BCUT2D eigenvalue weighted by molar-refractivity contribution is 6.30. The zero-order valence-corrected chi connectivity index (χ0v) is 17.6. The fourth-order valence-corrected chi connectivity index (χ4v) is 4.20. The van der Waals surface area contributed by atoms with Gasteiger partial charge in [0.1, 0.15) is 0 Å². The Labute approximate surface area is 185 Å². The maximum absolute atomic E-state index is 13.2. The van der Waals surface area contributed by atoms with Gasteiger partial charge in [-0.2, -0.15) is 0 Å². The lowest BCUT2D eigenvalue weighted by molar-refractivity contribution is -0.130. The topological polar surface area (TPSA) is 59.0 Å². The van der Waals surface area contributed by atoms with Gasteiger partial charge in [0.15, 0.2) is 17.3 Å². The number of carbonyl (C=O) groups excluding carboxylic acids is 1. The van der Waals surface area contributed by atoms with Crippen molar-refractivity contribution in [2.45, 2.75) is 19.5 Å². The quantitative estimate of drug-likeness (QED) is 0.596. The van der Waals surface area contributed by atoms with Crippen LogP contribution in [0.25, 0.3) is 5.57 Å². The molecular formula is C25H20ClNO4. The second-order valence-electron chi connectivity index (χ2n) is 7.70. The summed E-state index contributed by atoms with van der Waals surface area (Å²) in [5, 5.41) is 11.5. The molecule has 0 fully saturated rings. The normalized spacial score (nSPS) is 17.5. The first kappa shape index (κ1) is 19.5. The van der Waals surface area contributed by atoms with Crippen LogP contribution in [0.3, 0.4) is 0 Å². The SMILES string of the molecule is Cc1ccc(C2=C(O)C(=O)N(Cc3ccc4c(c3)OCO4)[C@H]2c2ccc(Cl)cc2)cc1. The summed E-state index contributed by atoms with van der Waals surface area (Å²) in [6.07, 6.45) is 0. The van der Waals surface area contributed by atoms with E-state index in [9.17, 15) is 9.90 Å². The van der Waals surface area contributed by atoms with Crippen LogP contribution in [0.5, 0.6) is 11.5 Å². The molecule has 0 saturated heterocycles. The number of nitrogens with zero attached hydrogens (tertiary/aromatic N) is 1.